The third-order valence-electron chi connectivity index (χ3n) is 2.15. The summed E-state index contributed by atoms with van der Waals surface area (Å²) in [7, 11) is 0. The average Bonchev–Trinajstić information content (AvgIpc) is 2.11. The van der Waals surface area contributed by atoms with Crippen LogP contribution in [0.3, 0.4) is 0 Å². The number of hydrogen-bond acceptors (Lipinski definition) is 1. The van der Waals surface area contributed by atoms with Gasteiger partial charge in [0.15, 0.2) is 0 Å². The first kappa shape index (κ1) is 10.1. The smallest absolute Gasteiger partial charge is 0.0925 e. The lowest BCUT2D eigenvalue weighted by Gasteiger charge is -1.97. The zero-order chi connectivity index (χ0) is 9.36. The van der Waals surface area contributed by atoms with E-state index < -0.39 is 0 Å². The van der Waals surface area contributed by atoms with Crippen LogP contribution in [-0.2, 0) is 0 Å². The zero-order valence-corrected chi connectivity index (χ0v) is 8.08. The van der Waals surface area contributed by atoms with Gasteiger partial charge in [0.25, 0.3) is 0 Å². The fourth-order valence-electron chi connectivity index (χ4n) is 1.35. The summed E-state index contributed by atoms with van der Waals surface area (Å²) in [5, 5.41) is 9.37. The van der Waals surface area contributed by atoms with Crippen molar-refractivity contribution in [2.45, 2.75) is 38.5 Å². The fourth-order valence-corrected chi connectivity index (χ4v) is 1.35. The van der Waals surface area contributed by atoms with Gasteiger partial charge in [0.05, 0.1) is 5.76 Å². The molecule has 0 amide bonds. The number of rotatable bonds is 0. The summed E-state index contributed by atoms with van der Waals surface area (Å²) in [6.07, 6.45) is 16.8. The molecule has 1 aliphatic rings. The van der Waals surface area contributed by atoms with Crippen molar-refractivity contribution in [3.8, 4) is 0 Å². The van der Waals surface area contributed by atoms with Crippen LogP contribution in [0, 0.1) is 0 Å². The SMILES string of the molecule is OC1=CC=CCCCCC=CCC1. The highest BCUT2D eigenvalue weighted by atomic mass is 16.3. The van der Waals surface area contributed by atoms with Crippen LogP contribution in [0.2, 0.25) is 0 Å². The fraction of sp³-hybridized carbons (Fsp3) is 0.500. The van der Waals surface area contributed by atoms with Gasteiger partial charge in [0, 0.05) is 6.42 Å². The molecule has 0 bridgehead atoms. The highest BCUT2D eigenvalue weighted by Crippen LogP contribution is 2.07. The van der Waals surface area contributed by atoms with E-state index in [0.29, 0.717) is 5.76 Å². The number of aliphatic hydroxyl groups excluding tert-OH is 1. The lowest BCUT2D eigenvalue weighted by atomic mass is 10.1. The Hall–Kier alpha value is -0.980. The van der Waals surface area contributed by atoms with E-state index in [-0.39, 0.29) is 0 Å². The minimum absolute atomic E-state index is 0.487. The first-order valence-electron chi connectivity index (χ1n) is 5.09. The molecule has 0 spiro atoms. The maximum atomic E-state index is 9.37. The van der Waals surface area contributed by atoms with Gasteiger partial charge in [0.1, 0.15) is 0 Å². The van der Waals surface area contributed by atoms with Gasteiger partial charge in [-0.05, 0) is 38.2 Å². The Bertz CT molecular complexity index is 211. The Morgan fingerprint density at radius 3 is 2.46 bits per heavy atom. The molecule has 13 heavy (non-hydrogen) atoms. The maximum Gasteiger partial charge on any atom is 0.0925 e. The predicted molar refractivity (Wildman–Crippen MR) is 56.7 cm³/mol. The molecule has 1 aliphatic carbocycles. The van der Waals surface area contributed by atoms with Gasteiger partial charge < -0.3 is 5.11 Å². The molecule has 0 atom stereocenters. The number of allylic oxidation sites excluding steroid dienone is 6. The van der Waals surface area contributed by atoms with E-state index in [4.69, 9.17) is 0 Å². The van der Waals surface area contributed by atoms with E-state index in [1.165, 1.54) is 19.3 Å². The Balaban J connectivity index is 2.43. The maximum absolute atomic E-state index is 9.37. The quantitative estimate of drug-likeness (QED) is 0.558. The predicted octanol–water partition coefficient (Wildman–Crippen LogP) is 3.89. The Morgan fingerprint density at radius 2 is 1.62 bits per heavy atom. The van der Waals surface area contributed by atoms with Crippen molar-refractivity contribution in [1.82, 2.24) is 0 Å². The molecule has 0 saturated heterocycles. The molecule has 0 saturated carbocycles. The highest BCUT2D eigenvalue weighted by molar-refractivity contribution is 5.07. The summed E-state index contributed by atoms with van der Waals surface area (Å²) < 4.78 is 0. The summed E-state index contributed by atoms with van der Waals surface area (Å²) in [6.45, 7) is 0. The van der Waals surface area contributed by atoms with Crippen LogP contribution in [0.4, 0.5) is 0 Å². The molecular weight excluding hydrogens is 160 g/mol. The van der Waals surface area contributed by atoms with Gasteiger partial charge in [-0.15, -0.1) is 0 Å². The number of hydrogen-bond donors (Lipinski definition) is 1. The van der Waals surface area contributed by atoms with Crippen molar-refractivity contribution < 1.29 is 5.11 Å². The molecule has 1 N–H and O–H groups in total. The summed E-state index contributed by atoms with van der Waals surface area (Å²) in [4.78, 5) is 0. The van der Waals surface area contributed by atoms with Crippen LogP contribution in [0.5, 0.6) is 0 Å². The second-order valence-corrected chi connectivity index (χ2v) is 3.38. The normalized spacial score (nSPS) is 20.2. The summed E-state index contributed by atoms with van der Waals surface area (Å²) in [6, 6.07) is 0. The summed E-state index contributed by atoms with van der Waals surface area (Å²) in [5.41, 5.74) is 0. The van der Waals surface area contributed by atoms with Crippen LogP contribution >= 0.6 is 0 Å². The number of aliphatic hydroxyl groups is 1. The first-order chi connectivity index (χ1) is 6.39. The second-order valence-electron chi connectivity index (χ2n) is 3.38. The minimum atomic E-state index is 0.487. The molecule has 0 fully saturated rings. The van der Waals surface area contributed by atoms with E-state index in [0.717, 1.165) is 19.3 Å². The van der Waals surface area contributed by atoms with Gasteiger partial charge in [-0.3, -0.25) is 0 Å². The lowest BCUT2D eigenvalue weighted by Crippen LogP contribution is -1.80. The molecule has 0 aromatic carbocycles. The van der Waals surface area contributed by atoms with Gasteiger partial charge in [0.2, 0.25) is 0 Å². The van der Waals surface area contributed by atoms with Crippen molar-refractivity contribution in [3.63, 3.8) is 0 Å². The molecule has 1 nitrogen and oxygen atoms in total. The molecule has 1 rings (SSSR count). The van der Waals surface area contributed by atoms with Gasteiger partial charge in [-0.2, -0.15) is 0 Å². The van der Waals surface area contributed by atoms with Crippen LogP contribution in [0.15, 0.2) is 36.1 Å². The van der Waals surface area contributed by atoms with Crippen LogP contribution < -0.4 is 0 Å². The minimum Gasteiger partial charge on any atom is -0.512 e. The van der Waals surface area contributed by atoms with Gasteiger partial charge in [-0.1, -0.05) is 24.3 Å². The third-order valence-corrected chi connectivity index (χ3v) is 2.15. The molecule has 0 aliphatic heterocycles. The van der Waals surface area contributed by atoms with Crippen molar-refractivity contribution in [3.05, 3.63) is 36.1 Å². The molecule has 0 aromatic heterocycles. The van der Waals surface area contributed by atoms with E-state index in [9.17, 15) is 5.11 Å². The van der Waals surface area contributed by atoms with E-state index in [1.54, 1.807) is 6.08 Å². The van der Waals surface area contributed by atoms with Crippen LogP contribution in [0.1, 0.15) is 38.5 Å². The van der Waals surface area contributed by atoms with E-state index >= 15 is 0 Å². The first-order valence-corrected chi connectivity index (χ1v) is 5.09. The van der Waals surface area contributed by atoms with E-state index in [1.807, 2.05) is 6.08 Å². The second kappa shape index (κ2) is 6.53. The highest BCUT2D eigenvalue weighted by Gasteiger charge is 1.90. The van der Waals surface area contributed by atoms with Crippen molar-refractivity contribution >= 4 is 0 Å². The molecule has 0 unspecified atom stereocenters. The lowest BCUT2D eigenvalue weighted by molar-refractivity contribution is 0.389. The average molecular weight is 178 g/mol. The van der Waals surface area contributed by atoms with Gasteiger partial charge >= 0.3 is 0 Å². The topological polar surface area (TPSA) is 20.2 Å². The van der Waals surface area contributed by atoms with Crippen molar-refractivity contribution in [2.24, 2.45) is 0 Å². The van der Waals surface area contributed by atoms with Crippen molar-refractivity contribution in [2.75, 3.05) is 0 Å². The third kappa shape index (κ3) is 5.29. The van der Waals surface area contributed by atoms with Crippen molar-refractivity contribution in [1.29, 1.82) is 0 Å². The Labute approximate surface area is 80.5 Å². The monoisotopic (exact) mass is 178 g/mol. The molecule has 72 valence electrons. The van der Waals surface area contributed by atoms with Gasteiger partial charge in [-0.25, -0.2) is 0 Å². The molecule has 0 radical (unpaired) electrons. The van der Waals surface area contributed by atoms with E-state index in [2.05, 4.69) is 18.2 Å². The molecule has 0 aromatic rings. The molecular formula is C12H18O. The zero-order valence-electron chi connectivity index (χ0n) is 8.08. The standard InChI is InChI=1S/C12H18O/c13-12-10-8-6-4-2-1-3-5-7-9-11-12/h4,6-7,9,11,13H,1-3,5,8,10H2. The molecule has 1 heteroatoms. The largest absolute Gasteiger partial charge is 0.512 e. The Kier molecular flexibility index (Phi) is 5.07. The van der Waals surface area contributed by atoms with Crippen LogP contribution in [-0.4, -0.2) is 5.11 Å². The summed E-state index contributed by atoms with van der Waals surface area (Å²) >= 11 is 0. The molecule has 0 heterocycles. The summed E-state index contributed by atoms with van der Waals surface area (Å²) in [5.74, 6) is 0.487. The Morgan fingerprint density at radius 1 is 0.923 bits per heavy atom. The van der Waals surface area contributed by atoms with Crippen LogP contribution in [0.25, 0.3) is 0 Å².